The highest BCUT2D eigenvalue weighted by molar-refractivity contribution is 5.76. The number of hydrogen-bond acceptors (Lipinski definition) is 13. The lowest BCUT2D eigenvalue weighted by Gasteiger charge is -2.46. The summed E-state index contributed by atoms with van der Waals surface area (Å²) in [5.74, 6) is -0.210. The molecule has 0 aromatic heterocycles. The minimum absolute atomic E-state index is 0.210. The molecule has 0 bridgehead atoms. The quantitative estimate of drug-likeness (QED) is 0.0259. The SMILES string of the molecule is CCCCCCCCCCCCCCCCCCCCCCCCCCCCCCCCCCCCCC(=O)NC(COC1OC(CO)C(OC2OC(CO)C(O)C(O)C2O)C(O)C1O)C(O)CCCCCC. The van der Waals surface area contributed by atoms with E-state index in [9.17, 15) is 45.6 Å². The number of aliphatic hydroxyl groups excluding tert-OH is 8. The van der Waals surface area contributed by atoms with Gasteiger partial charge in [-0.2, -0.15) is 0 Å². The molecule has 12 unspecified atom stereocenters. The first kappa shape index (κ1) is 68.1. The van der Waals surface area contributed by atoms with Gasteiger partial charge in [0, 0.05) is 6.42 Å². The van der Waals surface area contributed by atoms with E-state index in [1.807, 2.05) is 0 Å². The van der Waals surface area contributed by atoms with Crippen LogP contribution in [0.3, 0.4) is 0 Å². The normalized spacial score (nSPS) is 25.3. The Labute approximate surface area is 444 Å². The molecule has 14 nitrogen and oxygen atoms in total. The third kappa shape index (κ3) is 31.9. The Morgan fingerprint density at radius 3 is 1.16 bits per heavy atom. The van der Waals surface area contributed by atoms with Gasteiger partial charge in [0.25, 0.3) is 0 Å². The fraction of sp³-hybridized carbons (Fsp3) is 0.983. The van der Waals surface area contributed by atoms with Gasteiger partial charge < -0.3 is 65.1 Å². The Balaban J connectivity index is 1.47. The van der Waals surface area contributed by atoms with Crippen LogP contribution in [0.4, 0.5) is 0 Å². The van der Waals surface area contributed by atoms with Gasteiger partial charge >= 0.3 is 0 Å². The second-order valence-electron chi connectivity index (χ2n) is 22.2. The van der Waals surface area contributed by atoms with E-state index in [-0.39, 0.29) is 12.5 Å². The zero-order valence-electron chi connectivity index (χ0n) is 46.7. The van der Waals surface area contributed by atoms with Crippen molar-refractivity contribution in [2.45, 2.75) is 351 Å². The predicted octanol–water partition coefficient (Wildman–Crippen LogP) is 10.5. The summed E-state index contributed by atoms with van der Waals surface area (Å²) >= 11 is 0. The zero-order valence-corrected chi connectivity index (χ0v) is 46.7. The summed E-state index contributed by atoms with van der Waals surface area (Å²) in [6.45, 7) is 2.75. The molecule has 434 valence electrons. The highest BCUT2D eigenvalue weighted by atomic mass is 16.7. The minimum Gasteiger partial charge on any atom is -0.394 e. The van der Waals surface area contributed by atoms with Gasteiger partial charge in [0.2, 0.25) is 5.91 Å². The maximum atomic E-state index is 13.1. The number of amides is 1. The van der Waals surface area contributed by atoms with Crippen LogP contribution in [0.1, 0.15) is 277 Å². The van der Waals surface area contributed by atoms with Gasteiger partial charge in [0.15, 0.2) is 12.6 Å². The number of nitrogens with one attached hydrogen (secondary N) is 1. The average Bonchev–Trinajstić information content (AvgIpc) is 3.39. The molecule has 0 radical (unpaired) electrons. The lowest BCUT2D eigenvalue weighted by Crippen LogP contribution is -2.65. The van der Waals surface area contributed by atoms with Crippen LogP contribution >= 0.6 is 0 Å². The van der Waals surface area contributed by atoms with Crippen molar-refractivity contribution in [2.24, 2.45) is 0 Å². The molecule has 0 aliphatic carbocycles. The average molecular weight is 1050 g/mol. The molecule has 14 heteroatoms. The van der Waals surface area contributed by atoms with Crippen LogP contribution in [0.25, 0.3) is 0 Å². The van der Waals surface area contributed by atoms with E-state index in [4.69, 9.17) is 18.9 Å². The number of carbonyl (C=O) groups is 1. The van der Waals surface area contributed by atoms with Crippen molar-refractivity contribution in [3.63, 3.8) is 0 Å². The van der Waals surface area contributed by atoms with Crippen molar-refractivity contribution in [3.05, 3.63) is 0 Å². The van der Waals surface area contributed by atoms with Crippen LogP contribution in [0.2, 0.25) is 0 Å². The summed E-state index contributed by atoms with van der Waals surface area (Å²) in [5, 5.41) is 86.4. The van der Waals surface area contributed by atoms with Crippen molar-refractivity contribution in [3.8, 4) is 0 Å². The van der Waals surface area contributed by atoms with Crippen LogP contribution < -0.4 is 5.32 Å². The van der Waals surface area contributed by atoms with Crippen molar-refractivity contribution in [2.75, 3.05) is 19.8 Å². The molecule has 2 rings (SSSR count). The maximum absolute atomic E-state index is 13.1. The van der Waals surface area contributed by atoms with E-state index in [0.717, 1.165) is 51.4 Å². The van der Waals surface area contributed by atoms with E-state index in [1.165, 1.54) is 199 Å². The summed E-state index contributed by atoms with van der Waals surface area (Å²) in [4.78, 5) is 13.1. The molecule has 12 atom stereocenters. The highest BCUT2D eigenvalue weighted by Gasteiger charge is 2.51. The highest BCUT2D eigenvalue weighted by Crippen LogP contribution is 2.30. The first-order chi connectivity index (χ1) is 35.6. The summed E-state index contributed by atoms with van der Waals surface area (Å²) in [6, 6.07) is -0.819. The molecule has 2 saturated heterocycles. The summed E-state index contributed by atoms with van der Waals surface area (Å²) in [5.41, 5.74) is 0. The van der Waals surface area contributed by atoms with Gasteiger partial charge in [-0.25, -0.2) is 0 Å². The first-order valence-electron chi connectivity index (χ1n) is 30.8. The fourth-order valence-electron chi connectivity index (χ4n) is 10.6. The second kappa shape index (κ2) is 46.0. The van der Waals surface area contributed by atoms with E-state index in [0.29, 0.717) is 12.8 Å². The van der Waals surface area contributed by atoms with Crippen LogP contribution in [0.5, 0.6) is 0 Å². The third-order valence-corrected chi connectivity index (χ3v) is 15.6. The monoisotopic (exact) mass is 1050 g/mol. The molecular formula is C59H115NO13. The Morgan fingerprint density at radius 1 is 0.438 bits per heavy atom. The smallest absolute Gasteiger partial charge is 0.220 e. The van der Waals surface area contributed by atoms with E-state index in [2.05, 4.69) is 19.2 Å². The van der Waals surface area contributed by atoms with Gasteiger partial charge in [-0.15, -0.1) is 0 Å². The van der Waals surface area contributed by atoms with Crippen molar-refractivity contribution >= 4 is 5.91 Å². The summed E-state index contributed by atoms with van der Waals surface area (Å²) in [6.07, 6.45) is 35.3. The molecule has 73 heavy (non-hydrogen) atoms. The summed E-state index contributed by atoms with van der Waals surface area (Å²) < 4.78 is 22.6. The van der Waals surface area contributed by atoms with Crippen LogP contribution in [0, 0.1) is 0 Å². The van der Waals surface area contributed by atoms with Crippen LogP contribution in [-0.4, -0.2) is 140 Å². The van der Waals surface area contributed by atoms with Gasteiger partial charge in [-0.3, -0.25) is 4.79 Å². The number of hydrogen-bond donors (Lipinski definition) is 9. The topological polar surface area (TPSA) is 228 Å². The Kier molecular flexibility index (Phi) is 42.9. The lowest BCUT2D eigenvalue weighted by molar-refractivity contribution is -0.359. The fourth-order valence-corrected chi connectivity index (χ4v) is 10.6. The summed E-state index contributed by atoms with van der Waals surface area (Å²) in [7, 11) is 0. The van der Waals surface area contributed by atoms with Gasteiger partial charge in [-0.1, -0.05) is 258 Å². The van der Waals surface area contributed by atoms with Crippen LogP contribution in [-0.2, 0) is 23.7 Å². The number of ether oxygens (including phenoxy) is 4. The van der Waals surface area contributed by atoms with Crippen LogP contribution in [0.15, 0.2) is 0 Å². The molecule has 2 aliphatic heterocycles. The number of carbonyl (C=O) groups excluding carboxylic acids is 1. The maximum Gasteiger partial charge on any atom is 0.220 e. The molecular weight excluding hydrogens is 931 g/mol. The van der Waals surface area contributed by atoms with Gasteiger partial charge in [-0.05, 0) is 12.8 Å². The Morgan fingerprint density at radius 2 is 0.781 bits per heavy atom. The number of rotatable bonds is 50. The Hall–Kier alpha value is -1.01. The van der Waals surface area contributed by atoms with Crippen molar-refractivity contribution in [1.29, 1.82) is 0 Å². The molecule has 9 N–H and O–H groups in total. The number of aliphatic hydroxyl groups is 8. The molecule has 2 fully saturated rings. The second-order valence-corrected chi connectivity index (χ2v) is 22.2. The number of unbranched alkanes of at least 4 members (excludes halogenated alkanes) is 37. The van der Waals surface area contributed by atoms with Crippen molar-refractivity contribution < 1.29 is 64.6 Å². The lowest BCUT2D eigenvalue weighted by atomic mass is 9.97. The molecule has 0 saturated carbocycles. The first-order valence-corrected chi connectivity index (χ1v) is 30.8. The zero-order chi connectivity index (χ0) is 53.2. The molecule has 2 heterocycles. The predicted molar refractivity (Wildman–Crippen MR) is 291 cm³/mol. The molecule has 0 aromatic rings. The van der Waals surface area contributed by atoms with Crippen molar-refractivity contribution in [1.82, 2.24) is 5.32 Å². The molecule has 0 spiro atoms. The Bertz CT molecular complexity index is 1230. The van der Waals surface area contributed by atoms with Gasteiger partial charge in [0.1, 0.15) is 48.8 Å². The molecule has 2 aliphatic rings. The largest absolute Gasteiger partial charge is 0.394 e. The van der Waals surface area contributed by atoms with E-state index >= 15 is 0 Å². The standard InChI is InChI=1S/C59H115NO13/c1-3-5-7-9-10-11-12-13-14-15-16-17-18-19-20-21-22-23-24-25-26-27-28-29-30-31-32-33-34-35-36-37-38-39-41-43-51(64)60-47(48(63)42-40-8-6-4-2)46-70-58-56(69)54(67)57(50(45-62)72-58)73-59-55(68)53(66)52(65)49(44-61)71-59/h47-50,52-59,61-63,65-69H,3-46H2,1-2H3,(H,60,64). The molecule has 0 aromatic carbocycles. The molecule has 1 amide bonds. The third-order valence-electron chi connectivity index (χ3n) is 15.6. The van der Waals surface area contributed by atoms with Gasteiger partial charge in [0.05, 0.1) is 32.0 Å². The van der Waals surface area contributed by atoms with E-state index in [1.54, 1.807) is 0 Å². The van der Waals surface area contributed by atoms with E-state index < -0.39 is 86.8 Å². The minimum atomic E-state index is -1.78.